The van der Waals surface area contributed by atoms with E-state index < -0.39 is 29.0 Å². The third kappa shape index (κ3) is 4.28. The van der Waals surface area contributed by atoms with Crippen LogP contribution in [0.3, 0.4) is 0 Å². The molecule has 0 radical (unpaired) electrons. The molecule has 13 nitrogen and oxygen atoms in total. The minimum absolute atomic E-state index is 0.0185. The van der Waals surface area contributed by atoms with Crippen LogP contribution >= 0.6 is 0 Å². The van der Waals surface area contributed by atoms with Crippen LogP contribution in [0.4, 0.5) is 4.79 Å². The van der Waals surface area contributed by atoms with Crippen molar-refractivity contribution in [3.05, 3.63) is 23.3 Å². The van der Waals surface area contributed by atoms with E-state index in [-0.39, 0.29) is 23.0 Å². The van der Waals surface area contributed by atoms with Crippen molar-refractivity contribution >= 4 is 22.2 Å². The summed E-state index contributed by atoms with van der Waals surface area (Å²) in [5, 5.41) is 3.43. The lowest BCUT2D eigenvalue weighted by atomic mass is 10.2. The first-order valence-electron chi connectivity index (χ1n) is 7.97. The van der Waals surface area contributed by atoms with Crippen molar-refractivity contribution in [2.75, 3.05) is 45.3 Å². The summed E-state index contributed by atoms with van der Waals surface area (Å²) in [6, 6.07) is 1.36. The molecule has 3 heterocycles. The molecule has 0 aliphatic carbocycles. The molecular weight excluding hydrogens is 400 g/mol. The zero-order chi connectivity index (χ0) is 20.3. The van der Waals surface area contributed by atoms with Crippen molar-refractivity contribution in [1.82, 2.24) is 9.58 Å². The van der Waals surface area contributed by atoms with Crippen molar-refractivity contribution in [2.45, 2.75) is 6.17 Å². The summed E-state index contributed by atoms with van der Waals surface area (Å²) in [5.41, 5.74) is 3.08. The third-order valence-corrected chi connectivity index (χ3v) is 4.11. The number of hydrogen-bond acceptors (Lipinski definition) is 11. The first-order valence-corrected chi connectivity index (χ1v) is 9.79. The number of methoxy groups -OCH3 is 1. The summed E-state index contributed by atoms with van der Waals surface area (Å²) in [6.45, 7) is 0.399. The summed E-state index contributed by atoms with van der Waals surface area (Å²) in [5.74, 6) is -0.547. The van der Waals surface area contributed by atoms with Gasteiger partial charge < -0.3 is 29.3 Å². The third-order valence-electron chi connectivity index (χ3n) is 3.77. The van der Waals surface area contributed by atoms with Crippen LogP contribution in [0.25, 0.3) is 0 Å². The van der Waals surface area contributed by atoms with E-state index >= 15 is 0 Å². The number of aromatic nitrogens is 1. The van der Waals surface area contributed by atoms with Gasteiger partial charge in [-0.1, -0.05) is 5.16 Å². The number of pyridine rings is 1. The van der Waals surface area contributed by atoms with Gasteiger partial charge in [0.1, 0.15) is 6.17 Å². The van der Waals surface area contributed by atoms with Crippen molar-refractivity contribution in [2.24, 2.45) is 5.16 Å². The molecule has 2 aliphatic rings. The van der Waals surface area contributed by atoms with E-state index in [0.29, 0.717) is 19.8 Å². The van der Waals surface area contributed by atoms with Crippen LogP contribution in [0.2, 0.25) is 0 Å². The Labute approximate surface area is 159 Å². The van der Waals surface area contributed by atoms with E-state index in [0.717, 1.165) is 13.4 Å². The second-order valence-electron chi connectivity index (χ2n) is 5.70. The van der Waals surface area contributed by atoms with E-state index in [9.17, 15) is 18.0 Å². The van der Waals surface area contributed by atoms with Crippen LogP contribution in [-0.2, 0) is 28.6 Å². The number of morpholine rings is 1. The second-order valence-corrected chi connectivity index (χ2v) is 7.25. The zero-order valence-corrected chi connectivity index (χ0v) is 15.8. The molecule has 28 heavy (non-hydrogen) atoms. The average Bonchev–Trinajstić information content (AvgIpc) is 2.66. The van der Waals surface area contributed by atoms with Gasteiger partial charge in [0.2, 0.25) is 6.79 Å². The monoisotopic (exact) mass is 418 g/mol. The lowest BCUT2D eigenvalue weighted by Gasteiger charge is -2.41. The van der Waals surface area contributed by atoms with Crippen molar-refractivity contribution < 1.29 is 41.2 Å². The van der Waals surface area contributed by atoms with Gasteiger partial charge in [-0.3, -0.25) is 13.8 Å². The van der Waals surface area contributed by atoms with E-state index in [2.05, 4.69) is 24.3 Å². The molecule has 1 saturated heterocycles. The predicted molar refractivity (Wildman–Crippen MR) is 89.9 cm³/mol. The number of amides is 1. The largest absolute Gasteiger partial charge is 0.510 e. The molecule has 0 aromatic carbocycles. The molecule has 2 aliphatic heterocycles. The van der Waals surface area contributed by atoms with Gasteiger partial charge in [-0.05, 0) is 6.07 Å². The van der Waals surface area contributed by atoms with Gasteiger partial charge in [0, 0.05) is 12.7 Å². The summed E-state index contributed by atoms with van der Waals surface area (Å²) in [4.78, 5) is 25.6. The number of nitrogens with one attached hydrogen (secondary N) is 1. The number of hydrogen-bond donors (Lipinski definition) is 1. The zero-order valence-electron chi connectivity index (χ0n) is 15.0. The maximum atomic E-state index is 13.0. The highest BCUT2D eigenvalue weighted by Crippen LogP contribution is 2.22. The molecule has 0 unspecified atom stereocenters. The quantitative estimate of drug-likeness (QED) is 0.350. The van der Waals surface area contributed by atoms with Gasteiger partial charge in [0.25, 0.3) is 5.91 Å². The van der Waals surface area contributed by atoms with Crippen LogP contribution in [0, 0.1) is 0 Å². The Morgan fingerprint density at radius 2 is 2.25 bits per heavy atom. The van der Waals surface area contributed by atoms with Crippen LogP contribution in [0.5, 0.6) is 5.75 Å². The molecule has 1 fully saturated rings. The Morgan fingerprint density at radius 3 is 2.96 bits per heavy atom. The van der Waals surface area contributed by atoms with E-state index in [1.807, 2.05) is 0 Å². The molecule has 14 heteroatoms. The molecule has 3 rings (SSSR count). The van der Waals surface area contributed by atoms with E-state index in [1.54, 1.807) is 0 Å². The fourth-order valence-corrected chi connectivity index (χ4v) is 2.82. The first-order chi connectivity index (χ1) is 13.3. The predicted octanol–water partition coefficient (Wildman–Crippen LogP) is -1.25. The van der Waals surface area contributed by atoms with Crippen molar-refractivity contribution in [1.29, 1.82) is 0 Å². The van der Waals surface area contributed by atoms with E-state index in [4.69, 9.17) is 9.47 Å². The molecule has 1 aromatic heterocycles. The number of carbonyl (C=O) groups is 2. The smallest absolute Gasteiger partial charge is 0.452 e. The molecular formula is C14H18N4O9S. The number of fused-ring (bicyclic) bond motifs is 2. The Balaban J connectivity index is 2.01. The maximum Gasteiger partial charge on any atom is 0.510 e. The Bertz CT molecular complexity index is 943. The van der Waals surface area contributed by atoms with Crippen LogP contribution in [0.15, 0.2) is 17.4 Å². The Kier molecular flexibility index (Phi) is 5.60. The minimum Gasteiger partial charge on any atom is -0.452 e. The minimum atomic E-state index is -3.89. The molecule has 0 saturated carbocycles. The molecule has 0 bridgehead atoms. The molecule has 0 spiro atoms. The summed E-state index contributed by atoms with van der Waals surface area (Å²) < 4.78 is 48.1. The van der Waals surface area contributed by atoms with Gasteiger partial charge in [-0.2, -0.15) is 8.42 Å². The highest BCUT2D eigenvalue weighted by Gasteiger charge is 2.36. The lowest BCUT2D eigenvalue weighted by Crippen LogP contribution is -2.59. The van der Waals surface area contributed by atoms with Gasteiger partial charge >= 0.3 is 16.3 Å². The first kappa shape index (κ1) is 19.8. The second kappa shape index (κ2) is 7.93. The van der Waals surface area contributed by atoms with Crippen molar-refractivity contribution in [3.8, 4) is 5.75 Å². The van der Waals surface area contributed by atoms with Crippen LogP contribution in [0.1, 0.15) is 10.5 Å². The Hall–Kier alpha value is -3.00. The Morgan fingerprint density at radius 1 is 1.46 bits per heavy atom. The van der Waals surface area contributed by atoms with Crippen LogP contribution in [-0.4, -0.2) is 76.1 Å². The summed E-state index contributed by atoms with van der Waals surface area (Å²) in [7, 11) is -2.77. The van der Waals surface area contributed by atoms with Gasteiger partial charge in [0.15, 0.2) is 16.8 Å². The number of nitrogens with zero attached hydrogens (tertiary/aromatic N) is 3. The van der Waals surface area contributed by atoms with Crippen LogP contribution < -0.4 is 15.5 Å². The SMILES string of the molecule is COC(=O)OCOc1c2n(cc/c1=N\OS(C)(=O)=O)N[C@@H]1COCCN1C2=O. The normalized spacial score (nSPS) is 19.2. The molecule has 154 valence electrons. The number of ether oxygens (including phenoxy) is 4. The summed E-state index contributed by atoms with van der Waals surface area (Å²) in [6.07, 6.45) is 0.891. The highest BCUT2D eigenvalue weighted by molar-refractivity contribution is 7.85. The maximum absolute atomic E-state index is 13.0. The molecule has 1 atom stereocenters. The van der Waals surface area contributed by atoms with Gasteiger partial charge in [0.05, 0.1) is 26.6 Å². The van der Waals surface area contributed by atoms with Crippen molar-refractivity contribution in [3.63, 3.8) is 0 Å². The average molecular weight is 418 g/mol. The fraction of sp³-hybridized carbons (Fsp3) is 0.500. The lowest BCUT2D eigenvalue weighted by molar-refractivity contribution is -0.00502. The number of rotatable bonds is 5. The number of carbonyl (C=O) groups excluding carboxylic acids is 2. The van der Waals surface area contributed by atoms with Gasteiger partial charge in [-0.25, -0.2) is 4.79 Å². The summed E-state index contributed by atoms with van der Waals surface area (Å²) >= 11 is 0. The molecule has 1 N–H and O–H groups in total. The highest BCUT2D eigenvalue weighted by atomic mass is 32.2. The topological polar surface area (TPSA) is 147 Å². The fourth-order valence-electron chi connectivity index (χ4n) is 2.60. The van der Waals surface area contributed by atoms with Gasteiger partial charge in [-0.15, -0.1) is 0 Å². The molecule has 1 aromatic rings. The molecule has 1 amide bonds. The van der Waals surface area contributed by atoms with E-state index in [1.165, 1.54) is 21.8 Å². The standard InChI is InChI=1S/C14H18N4O9S/c1-23-14(20)26-8-25-12-9(16-27-28(2,21)22)3-4-18-11(12)13(19)17-5-6-24-7-10(17)15-18/h3-4,10,15H,5-8H2,1-2H3/b16-9+/t10-/m0/s1.